The molecule has 0 aromatic heterocycles. The maximum atomic E-state index is 12.6. The molecule has 0 N–H and O–H groups in total. The third kappa shape index (κ3) is 46.3. The predicted octanol–water partition coefficient (Wildman–Crippen LogP) is 16.6. The van der Waals surface area contributed by atoms with Gasteiger partial charge in [-0.1, -0.05) is 204 Å². The molecule has 0 heterocycles. The summed E-state index contributed by atoms with van der Waals surface area (Å²) in [5.41, 5.74) is 0. The van der Waals surface area contributed by atoms with E-state index in [1.165, 1.54) is 122 Å². The van der Waals surface area contributed by atoms with Crippen molar-refractivity contribution in [2.75, 3.05) is 19.8 Å². The maximum Gasteiger partial charge on any atom is 0.306 e. The fourth-order valence-corrected chi connectivity index (χ4v) is 6.85. The topological polar surface area (TPSA) is 61.8 Å². The number of hydrogen-bond acceptors (Lipinski definition) is 5. The van der Waals surface area contributed by atoms with E-state index in [2.05, 4.69) is 81.5 Å². The second kappa shape index (κ2) is 49.0. The molecule has 5 heteroatoms. The van der Waals surface area contributed by atoms with Crippen molar-refractivity contribution in [3.05, 3.63) is 60.8 Å². The Bertz CT molecular complexity index is 1010. The second-order valence-corrected chi connectivity index (χ2v) is 16.3. The molecule has 336 valence electrons. The Hall–Kier alpha value is -2.40. The van der Waals surface area contributed by atoms with Crippen LogP contribution in [-0.4, -0.2) is 37.9 Å². The molecule has 1 unspecified atom stereocenters. The standard InChI is InChI=1S/C53H94O5/c1-4-7-10-13-15-17-19-21-23-25-27-28-30-32-34-36-38-41-43-46-52(54)57-50-51(58-53(55)47-44-40-12-9-6-3)49-56-48-45-42-39-37-35-33-31-29-26-24-22-20-18-16-14-11-8-5-2/h7,10,15,17,21-24,27-28,51H,4-6,8-9,11-14,16,18-20,25-26,29-50H2,1-3H3/b10-7-,17-15-,23-21-,24-22-,28-27-. The van der Waals surface area contributed by atoms with Crippen LogP contribution in [0.4, 0.5) is 0 Å². The van der Waals surface area contributed by atoms with E-state index in [1.54, 1.807) is 0 Å². The highest BCUT2D eigenvalue weighted by molar-refractivity contribution is 5.70. The van der Waals surface area contributed by atoms with Crippen LogP contribution in [0.5, 0.6) is 0 Å². The predicted molar refractivity (Wildman–Crippen MR) is 251 cm³/mol. The highest BCUT2D eigenvalue weighted by atomic mass is 16.6. The number of hydrogen-bond donors (Lipinski definition) is 0. The minimum atomic E-state index is -0.539. The Labute approximate surface area is 360 Å². The van der Waals surface area contributed by atoms with Gasteiger partial charge in [-0.15, -0.1) is 0 Å². The van der Waals surface area contributed by atoms with Crippen LogP contribution >= 0.6 is 0 Å². The van der Waals surface area contributed by atoms with Crippen molar-refractivity contribution in [1.82, 2.24) is 0 Å². The van der Waals surface area contributed by atoms with E-state index < -0.39 is 6.10 Å². The van der Waals surface area contributed by atoms with E-state index in [1.807, 2.05) is 0 Å². The fourth-order valence-electron chi connectivity index (χ4n) is 6.85. The van der Waals surface area contributed by atoms with Crippen molar-refractivity contribution in [3.63, 3.8) is 0 Å². The number of ether oxygens (including phenoxy) is 3. The van der Waals surface area contributed by atoms with Crippen molar-refractivity contribution in [1.29, 1.82) is 0 Å². The highest BCUT2D eigenvalue weighted by Crippen LogP contribution is 2.14. The molecule has 0 aliphatic rings. The SMILES string of the molecule is CC/C=C\C/C=C\C/C=C\C/C=C\CCCCCCCCC(=O)OCC(COCCCCCCCCCC/C=C\CCCCCCCC)OC(=O)CCCCCCC. The van der Waals surface area contributed by atoms with Crippen LogP contribution < -0.4 is 0 Å². The summed E-state index contributed by atoms with van der Waals surface area (Å²) in [5.74, 6) is -0.424. The van der Waals surface area contributed by atoms with Gasteiger partial charge in [0.1, 0.15) is 6.61 Å². The highest BCUT2D eigenvalue weighted by Gasteiger charge is 2.17. The van der Waals surface area contributed by atoms with E-state index in [0.717, 1.165) is 83.5 Å². The molecule has 0 rings (SSSR count). The molecule has 0 aliphatic carbocycles. The summed E-state index contributed by atoms with van der Waals surface area (Å²) in [6.45, 7) is 7.63. The molecule has 0 saturated heterocycles. The van der Waals surface area contributed by atoms with Crippen LogP contribution in [0.2, 0.25) is 0 Å². The van der Waals surface area contributed by atoms with Gasteiger partial charge in [0.15, 0.2) is 6.10 Å². The monoisotopic (exact) mass is 811 g/mol. The number of allylic oxidation sites excluding steroid dienone is 10. The van der Waals surface area contributed by atoms with E-state index in [0.29, 0.717) is 19.4 Å². The third-order valence-electron chi connectivity index (χ3n) is 10.5. The van der Waals surface area contributed by atoms with Crippen LogP contribution in [0.25, 0.3) is 0 Å². The lowest BCUT2D eigenvalue weighted by molar-refractivity contribution is -0.163. The zero-order valence-electron chi connectivity index (χ0n) is 38.6. The molecule has 0 fully saturated rings. The van der Waals surface area contributed by atoms with Crippen molar-refractivity contribution >= 4 is 11.9 Å². The van der Waals surface area contributed by atoms with Gasteiger partial charge in [-0.2, -0.15) is 0 Å². The number of rotatable bonds is 45. The Morgan fingerprint density at radius 2 is 0.776 bits per heavy atom. The zero-order valence-corrected chi connectivity index (χ0v) is 38.6. The number of carbonyl (C=O) groups is 2. The average Bonchev–Trinajstić information content (AvgIpc) is 3.22. The first kappa shape index (κ1) is 55.6. The van der Waals surface area contributed by atoms with E-state index in [-0.39, 0.29) is 25.2 Å². The van der Waals surface area contributed by atoms with Gasteiger partial charge in [-0.05, 0) is 83.5 Å². The summed E-state index contributed by atoms with van der Waals surface area (Å²) in [7, 11) is 0. The minimum Gasteiger partial charge on any atom is -0.462 e. The summed E-state index contributed by atoms with van der Waals surface area (Å²) in [6.07, 6.45) is 61.1. The van der Waals surface area contributed by atoms with Gasteiger partial charge in [0.2, 0.25) is 0 Å². The molecule has 5 nitrogen and oxygen atoms in total. The van der Waals surface area contributed by atoms with Crippen molar-refractivity contribution < 1.29 is 23.8 Å². The normalized spacial score (nSPS) is 12.7. The van der Waals surface area contributed by atoms with Crippen LogP contribution in [-0.2, 0) is 23.8 Å². The van der Waals surface area contributed by atoms with Gasteiger partial charge in [0.25, 0.3) is 0 Å². The summed E-state index contributed by atoms with van der Waals surface area (Å²) in [4.78, 5) is 25.1. The Morgan fingerprint density at radius 3 is 1.26 bits per heavy atom. The largest absolute Gasteiger partial charge is 0.462 e. The number of unbranched alkanes of at least 4 members (excludes halogenated alkanes) is 24. The lowest BCUT2D eigenvalue weighted by Crippen LogP contribution is -2.30. The first-order valence-corrected chi connectivity index (χ1v) is 24.8. The zero-order chi connectivity index (χ0) is 42.1. The molecule has 0 aromatic carbocycles. The van der Waals surface area contributed by atoms with E-state index in [4.69, 9.17) is 14.2 Å². The maximum absolute atomic E-state index is 12.6. The lowest BCUT2D eigenvalue weighted by atomic mass is 10.1. The van der Waals surface area contributed by atoms with Crippen molar-refractivity contribution in [3.8, 4) is 0 Å². The third-order valence-corrected chi connectivity index (χ3v) is 10.5. The van der Waals surface area contributed by atoms with Crippen molar-refractivity contribution in [2.45, 2.75) is 245 Å². The Morgan fingerprint density at radius 1 is 0.397 bits per heavy atom. The smallest absolute Gasteiger partial charge is 0.306 e. The Kier molecular flexibility index (Phi) is 46.9. The molecule has 0 saturated carbocycles. The molecule has 0 radical (unpaired) electrons. The minimum absolute atomic E-state index is 0.0760. The van der Waals surface area contributed by atoms with Gasteiger partial charge in [0, 0.05) is 19.4 Å². The van der Waals surface area contributed by atoms with Crippen molar-refractivity contribution in [2.24, 2.45) is 0 Å². The number of carbonyl (C=O) groups excluding carboxylic acids is 2. The van der Waals surface area contributed by atoms with Gasteiger partial charge in [0.05, 0.1) is 6.61 Å². The molecule has 0 bridgehead atoms. The van der Waals surface area contributed by atoms with E-state index >= 15 is 0 Å². The van der Waals surface area contributed by atoms with Gasteiger partial charge >= 0.3 is 11.9 Å². The summed E-state index contributed by atoms with van der Waals surface area (Å²) in [6, 6.07) is 0. The molecule has 0 spiro atoms. The summed E-state index contributed by atoms with van der Waals surface area (Å²) in [5, 5.41) is 0. The first-order chi connectivity index (χ1) is 28.6. The fraction of sp³-hybridized carbons (Fsp3) is 0.774. The van der Waals surface area contributed by atoms with E-state index in [9.17, 15) is 9.59 Å². The van der Waals surface area contributed by atoms with Crippen LogP contribution in [0, 0.1) is 0 Å². The average molecular weight is 811 g/mol. The molecule has 1 atom stereocenters. The van der Waals surface area contributed by atoms with Gasteiger partial charge in [-0.3, -0.25) is 9.59 Å². The Balaban J connectivity index is 4.05. The first-order valence-electron chi connectivity index (χ1n) is 24.8. The molecule has 58 heavy (non-hydrogen) atoms. The molecule has 0 aliphatic heterocycles. The van der Waals surface area contributed by atoms with Crippen LogP contribution in [0.1, 0.15) is 239 Å². The molecular formula is C53H94O5. The van der Waals surface area contributed by atoms with Gasteiger partial charge in [-0.25, -0.2) is 0 Å². The quantitative estimate of drug-likeness (QED) is 0.0348. The molecule has 0 amide bonds. The molecule has 0 aromatic rings. The summed E-state index contributed by atoms with van der Waals surface area (Å²) < 4.78 is 17.2. The van der Waals surface area contributed by atoms with Crippen LogP contribution in [0.15, 0.2) is 60.8 Å². The number of esters is 2. The lowest BCUT2D eigenvalue weighted by Gasteiger charge is -2.18. The van der Waals surface area contributed by atoms with Crippen LogP contribution in [0.3, 0.4) is 0 Å². The molecular weight excluding hydrogens is 717 g/mol. The van der Waals surface area contributed by atoms with Gasteiger partial charge < -0.3 is 14.2 Å². The second-order valence-electron chi connectivity index (χ2n) is 16.3. The summed E-state index contributed by atoms with van der Waals surface area (Å²) >= 11 is 0.